The summed E-state index contributed by atoms with van der Waals surface area (Å²) in [6, 6.07) is 14.5. The van der Waals surface area contributed by atoms with E-state index < -0.39 is 12.0 Å². The Morgan fingerprint density at radius 1 is 1.23 bits per heavy atom. The van der Waals surface area contributed by atoms with Crippen LogP contribution in [0.1, 0.15) is 36.6 Å². The van der Waals surface area contributed by atoms with Gasteiger partial charge in [-0.1, -0.05) is 64.9 Å². The van der Waals surface area contributed by atoms with Gasteiger partial charge in [-0.3, -0.25) is 9.36 Å². The van der Waals surface area contributed by atoms with Crippen molar-refractivity contribution in [3.63, 3.8) is 0 Å². The minimum absolute atomic E-state index is 0.205. The van der Waals surface area contributed by atoms with Crippen LogP contribution in [0, 0.1) is 6.92 Å². The first-order chi connectivity index (χ1) is 14.9. The fraction of sp³-hybridized carbons (Fsp3) is 0.208. The zero-order valence-corrected chi connectivity index (χ0v) is 19.0. The number of ether oxygens (including phenoxy) is 1. The van der Waals surface area contributed by atoms with Crippen molar-refractivity contribution in [3.8, 4) is 0 Å². The second-order valence-electron chi connectivity index (χ2n) is 7.27. The van der Waals surface area contributed by atoms with Gasteiger partial charge in [-0.2, -0.15) is 0 Å². The molecule has 0 bridgehead atoms. The highest BCUT2D eigenvalue weighted by atomic mass is 35.5. The SMILES string of the molecule is CCOC(=O)C1=C(C)N=c2s/c(=C/c3cccc(Cl)c3)c(=O)n2[C@H]1c1ccc(C)cc1. The van der Waals surface area contributed by atoms with Gasteiger partial charge in [0.05, 0.1) is 28.5 Å². The maximum atomic E-state index is 13.5. The number of nitrogens with zero attached hydrogens (tertiary/aromatic N) is 2. The van der Waals surface area contributed by atoms with Gasteiger partial charge in [-0.05, 0) is 50.1 Å². The van der Waals surface area contributed by atoms with Crippen molar-refractivity contribution in [3.05, 3.63) is 101 Å². The van der Waals surface area contributed by atoms with Crippen LogP contribution < -0.4 is 14.9 Å². The third-order valence-corrected chi connectivity index (χ3v) is 6.27. The summed E-state index contributed by atoms with van der Waals surface area (Å²) in [4.78, 5) is 31.4. The van der Waals surface area contributed by atoms with Gasteiger partial charge in [0.2, 0.25) is 0 Å². The minimum Gasteiger partial charge on any atom is -0.463 e. The first kappa shape index (κ1) is 21.3. The van der Waals surface area contributed by atoms with Crippen LogP contribution in [0.5, 0.6) is 0 Å². The number of fused-ring (bicyclic) bond motifs is 1. The standard InChI is InChI=1S/C24H21ClN2O3S/c1-4-30-23(29)20-15(3)26-24-27(21(20)17-10-8-14(2)9-11-17)22(28)19(31-24)13-16-6-5-7-18(25)12-16/h5-13,21H,4H2,1-3H3/b19-13+/t21-/m0/s1. The van der Waals surface area contributed by atoms with Crippen molar-refractivity contribution >= 4 is 35.0 Å². The van der Waals surface area contributed by atoms with Gasteiger partial charge in [0.25, 0.3) is 5.56 Å². The molecule has 0 spiro atoms. The molecular formula is C24H21ClN2O3S. The Kier molecular flexibility index (Phi) is 5.94. The van der Waals surface area contributed by atoms with Crippen molar-refractivity contribution < 1.29 is 9.53 Å². The highest BCUT2D eigenvalue weighted by Gasteiger charge is 2.33. The van der Waals surface area contributed by atoms with Gasteiger partial charge in [-0.25, -0.2) is 9.79 Å². The molecule has 0 amide bonds. The van der Waals surface area contributed by atoms with E-state index in [2.05, 4.69) is 4.99 Å². The summed E-state index contributed by atoms with van der Waals surface area (Å²) < 4.78 is 7.42. The van der Waals surface area contributed by atoms with Gasteiger partial charge in [0, 0.05) is 5.02 Å². The van der Waals surface area contributed by atoms with Crippen molar-refractivity contribution in [2.75, 3.05) is 6.61 Å². The smallest absolute Gasteiger partial charge is 0.338 e. The molecule has 1 aliphatic rings. The molecule has 0 fully saturated rings. The van der Waals surface area contributed by atoms with E-state index in [1.807, 2.05) is 43.3 Å². The number of hydrogen-bond donors (Lipinski definition) is 0. The number of carbonyl (C=O) groups excluding carboxylic acids is 1. The molecule has 31 heavy (non-hydrogen) atoms. The first-order valence-electron chi connectivity index (χ1n) is 9.91. The van der Waals surface area contributed by atoms with Crippen LogP contribution in [0.15, 0.2) is 69.6 Å². The van der Waals surface area contributed by atoms with Gasteiger partial charge in [-0.15, -0.1) is 0 Å². The summed E-state index contributed by atoms with van der Waals surface area (Å²) in [7, 11) is 0. The molecule has 3 aromatic rings. The van der Waals surface area contributed by atoms with Crippen molar-refractivity contribution in [2.45, 2.75) is 26.8 Å². The maximum absolute atomic E-state index is 13.5. The Morgan fingerprint density at radius 3 is 2.65 bits per heavy atom. The van der Waals surface area contributed by atoms with Crippen molar-refractivity contribution in [2.24, 2.45) is 4.99 Å². The average Bonchev–Trinajstić information content (AvgIpc) is 3.02. The van der Waals surface area contributed by atoms with E-state index in [1.165, 1.54) is 11.3 Å². The van der Waals surface area contributed by atoms with E-state index in [0.717, 1.165) is 16.7 Å². The van der Waals surface area contributed by atoms with Crippen LogP contribution in [-0.4, -0.2) is 17.1 Å². The topological polar surface area (TPSA) is 60.7 Å². The number of aryl methyl sites for hydroxylation is 1. The Balaban J connectivity index is 1.96. The molecule has 4 rings (SSSR count). The second kappa shape index (κ2) is 8.65. The van der Waals surface area contributed by atoms with Crippen molar-refractivity contribution in [1.29, 1.82) is 0 Å². The van der Waals surface area contributed by atoms with E-state index in [1.54, 1.807) is 36.6 Å². The molecule has 0 saturated heterocycles. The lowest BCUT2D eigenvalue weighted by Gasteiger charge is -2.24. The van der Waals surface area contributed by atoms with Crippen LogP contribution in [0.2, 0.25) is 5.02 Å². The monoisotopic (exact) mass is 452 g/mol. The van der Waals surface area contributed by atoms with E-state index >= 15 is 0 Å². The lowest BCUT2D eigenvalue weighted by molar-refractivity contribution is -0.139. The van der Waals surface area contributed by atoms with Crippen LogP contribution >= 0.6 is 22.9 Å². The number of thiazole rings is 1. The summed E-state index contributed by atoms with van der Waals surface area (Å²) in [6.45, 7) is 5.78. The third-order valence-electron chi connectivity index (χ3n) is 5.06. The summed E-state index contributed by atoms with van der Waals surface area (Å²) in [6.07, 6.45) is 1.80. The molecule has 1 aliphatic heterocycles. The van der Waals surface area contributed by atoms with Crippen LogP contribution in [0.4, 0.5) is 0 Å². The van der Waals surface area contributed by atoms with Crippen molar-refractivity contribution in [1.82, 2.24) is 4.57 Å². The van der Waals surface area contributed by atoms with Gasteiger partial charge in [0.1, 0.15) is 0 Å². The predicted octanol–water partition coefficient (Wildman–Crippen LogP) is 3.76. The molecule has 1 aromatic heterocycles. The Bertz CT molecular complexity index is 1370. The highest BCUT2D eigenvalue weighted by molar-refractivity contribution is 7.07. The predicted molar refractivity (Wildman–Crippen MR) is 123 cm³/mol. The summed E-state index contributed by atoms with van der Waals surface area (Å²) in [5.41, 5.74) is 3.48. The molecule has 5 nitrogen and oxygen atoms in total. The van der Waals surface area contributed by atoms with Gasteiger partial charge in [0.15, 0.2) is 4.80 Å². The molecular weight excluding hydrogens is 432 g/mol. The van der Waals surface area contributed by atoms with Crippen LogP contribution in [-0.2, 0) is 9.53 Å². The quantitative estimate of drug-likeness (QED) is 0.566. The lowest BCUT2D eigenvalue weighted by atomic mass is 9.95. The molecule has 0 aliphatic carbocycles. The number of rotatable bonds is 4. The fourth-order valence-electron chi connectivity index (χ4n) is 3.60. The number of benzene rings is 2. The Labute approximate surface area is 188 Å². The molecule has 2 aromatic carbocycles. The number of aromatic nitrogens is 1. The Hall–Kier alpha value is -2.96. The molecule has 0 saturated carbocycles. The second-order valence-corrected chi connectivity index (χ2v) is 8.71. The normalized spacial score (nSPS) is 16.1. The number of esters is 1. The molecule has 7 heteroatoms. The largest absolute Gasteiger partial charge is 0.463 e. The Morgan fingerprint density at radius 2 is 1.97 bits per heavy atom. The molecule has 2 heterocycles. The van der Waals surface area contributed by atoms with E-state index in [0.29, 0.717) is 25.6 Å². The molecule has 1 atom stereocenters. The van der Waals surface area contributed by atoms with E-state index in [4.69, 9.17) is 16.3 Å². The molecule has 0 radical (unpaired) electrons. The minimum atomic E-state index is -0.600. The number of allylic oxidation sites excluding steroid dienone is 1. The fourth-order valence-corrected chi connectivity index (χ4v) is 4.85. The summed E-state index contributed by atoms with van der Waals surface area (Å²) >= 11 is 7.39. The summed E-state index contributed by atoms with van der Waals surface area (Å²) in [5.74, 6) is -0.460. The van der Waals surface area contributed by atoms with E-state index in [9.17, 15) is 9.59 Å². The zero-order chi connectivity index (χ0) is 22.1. The number of carbonyl (C=O) groups is 1. The molecule has 158 valence electrons. The number of hydrogen-bond acceptors (Lipinski definition) is 5. The number of halogens is 1. The summed E-state index contributed by atoms with van der Waals surface area (Å²) in [5, 5.41) is 0.597. The third kappa shape index (κ3) is 4.13. The first-order valence-corrected chi connectivity index (χ1v) is 11.1. The van der Waals surface area contributed by atoms with Crippen LogP contribution in [0.25, 0.3) is 6.08 Å². The molecule has 0 N–H and O–H groups in total. The highest BCUT2D eigenvalue weighted by Crippen LogP contribution is 2.30. The lowest BCUT2D eigenvalue weighted by Crippen LogP contribution is -2.39. The average molecular weight is 453 g/mol. The van der Waals surface area contributed by atoms with E-state index in [-0.39, 0.29) is 12.2 Å². The molecule has 0 unspecified atom stereocenters. The maximum Gasteiger partial charge on any atom is 0.338 e. The zero-order valence-electron chi connectivity index (χ0n) is 17.4. The van der Waals surface area contributed by atoms with Gasteiger partial charge >= 0.3 is 5.97 Å². The van der Waals surface area contributed by atoms with Crippen LogP contribution in [0.3, 0.4) is 0 Å². The van der Waals surface area contributed by atoms with Gasteiger partial charge < -0.3 is 4.74 Å².